The van der Waals surface area contributed by atoms with Crippen molar-refractivity contribution in [3.05, 3.63) is 77.0 Å². The van der Waals surface area contributed by atoms with E-state index in [0.29, 0.717) is 26.2 Å². The van der Waals surface area contributed by atoms with Gasteiger partial charge in [0.25, 0.3) is 5.91 Å². The molecule has 0 spiro atoms. The number of hydrogen-bond donors (Lipinski definition) is 1. The topological polar surface area (TPSA) is 82.6 Å². The van der Waals surface area contributed by atoms with Gasteiger partial charge < -0.3 is 15.1 Å². The van der Waals surface area contributed by atoms with Gasteiger partial charge in [0, 0.05) is 37.6 Å². The van der Waals surface area contributed by atoms with Crippen molar-refractivity contribution in [2.24, 2.45) is 0 Å². The molecule has 7 heteroatoms. The molecule has 0 radical (unpaired) electrons. The van der Waals surface area contributed by atoms with Gasteiger partial charge in [0.2, 0.25) is 0 Å². The van der Waals surface area contributed by atoms with E-state index in [0.717, 1.165) is 64.5 Å². The average molecular weight is 481 g/mol. The number of allylic oxidation sites excluding steroid dienone is 1. The van der Waals surface area contributed by atoms with Crippen molar-refractivity contribution in [3.63, 3.8) is 0 Å². The largest absolute Gasteiger partial charge is 0.345 e. The first-order chi connectivity index (χ1) is 17.6. The van der Waals surface area contributed by atoms with Crippen LogP contribution in [0.5, 0.6) is 0 Å². The fourth-order valence-electron chi connectivity index (χ4n) is 5.16. The summed E-state index contributed by atoms with van der Waals surface area (Å²) >= 11 is 0. The fraction of sp³-hybridized carbons (Fsp3) is 0.310. The number of hydrogen-bond acceptors (Lipinski definition) is 4. The number of rotatable bonds is 3. The van der Waals surface area contributed by atoms with Crippen LogP contribution in [0.4, 0.5) is 0 Å². The number of aromatic nitrogens is 1. The third kappa shape index (κ3) is 4.26. The Balaban J connectivity index is 1.27. The van der Waals surface area contributed by atoms with E-state index in [9.17, 15) is 14.4 Å². The molecule has 2 aromatic carbocycles. The second-order valence-electron chi connectivity index (χ2n) is 9.74. The van der Waals surface area contributed by atoms with Gasteiger partial charge in [-0.2, -0.15) is 0 Å². The SMILES string of the molecule is O=C(NC1CC1)C(=O)N1CCN(C(=O)c2c3c(nc4ccccc24)C(=Cc2ccccc2)CC3)CC1. The van der Waals surface area contributed by atoms with Gasteiger partial charge in [-0.15, -0.1) is 0 Å². The van der Waals surface area contributed by atoms with E-state index in [2.05, 4.69) is 23.5 Å². The van der Waals surface area contributed by atoms with Crippen molar-refractivity contribution in [1.29, 1.82) is 0 Å². The minimum absolute atomic E-state index is 0.0275. The first kappa shape index (κ1) is 22.5. The molecule has 3 amide bonds. The maximum absolute atomic E-state index is 13.9. The van der Waals surface area contributed by atoms with Crippen molar-refractivity contribution in [1.82, 2.24) is 20.1 Å². The fourth-order valence-corrected chi connectivity index (χ4v) is 5.16. The van der Waals surface area contributed by atoms with Gasteiger partial charge in [0.05, 0.1) is 16.8 Å². The van der Waals surface area contributed by atoms with Crippen molar-refractivity contribution in [2.45, 2.75) is 31.7 Å². The monoisotopic (exact) mass is 480 g/mol. The molecular formula is C29H28N4O3. The number of carbonyl (C=O) groups is 3. The van der Waals surface area contributed by atoms with Crippen LogP contribution in [-0.2, 0) is 16.0 Å². The maximum Gasteiger partial charge on any atom is 0.312 e. The van der Waals surface area contributed by atoms with E-state index in [1.807, 2.05) is 47.4 Å². The Kier molecular flexibility index (Phi) is 5.76. The zero-order valence-corrected chi connectivity index (χ0v) is 20.1. The van der Waals surface area contributed by atoms with Crippen LogP contribution < -0.4 is 5.32 Å². The molecule has 1 aliphatic heterocycles. The molecule has 3 aliphatic rings. The standard InChI is InChI=1S/C29H28N4O3/c34-27(30-21-11-12-21)29(36)33-16-14-32(15-17-33)28(35)25-22-8-4-5-9-24(22)31-26-20(10-13-23(25)26)18-19-6-2-1-3-7-19/h1-9,18,21H,10-17H2,(H,30,34). The molecule has 1 saturated carbocycles. The summed E-state index contributed by atoms with van der Waals surface area (Å²) in [7, 11) is 0. The summed E-state index contributed by atoms with van der Waals surface area (Å²) in [6.07, 6.45) is 5.65. The van der Waals surface area contributed by atoms with Crippen LogP contribution in [0.15, 0.2) is 54.6 Å². The third-order valence-electron chi connectivity index (χ3n) is 7.26. The van der Waals surface area contributed by atoms with Gasteiger partial charge >= 0.3 is 11.8 Å². The molecule has 36 heavy (non-hydrogen) atoms. The van der Waals surface area contributed by atoms with E-state index < -0.39 is 11.8 Å². The molecule has 0 atom stereocenters. The Morgan fingerprint density at radius 2 is 1.56 bits per heavy atom. The lowest BCUT2D eigenvalue weighted by molar-refractivity contribution is -0.146. The summed E-state index contributed by atoms with van der Waals surface area (Å²) < 4.78 is 0. The summed E-state index contributed by atoms with van der Waals surface area (Å²) in [5, 5.41) is 3.62. The molecule has 7 nitrogen and oxygen atoms in total. The van der Waals surface area contributed by atoms with E-state index in [-0.39, 0.29) is 11.9 Å². The summed E-state index contributed by atoms with van der Waals surface area (Å²) in [4.78, 5) is 46.9. The lowest BCUT2D eigenvalue weighted by atomic mass is 9.99. The van der Waals surface area contributed by atoms with Gasteiger partial charge in [-0.3, -0.25) is 14.4 Å². The summed E-state index contributed by atoms with van der Waals surface area (Å²) in [6.45, 7) is 1.51. The highest BCUT2D eigenvalue weighted by molar-refractivity contribution is 6.35. The predicted molar refractivity (Wildman–Crippen MR) is 138 cm³/mol. The molecule has 1 N–H and O–H groups in total. The van der Waals surface area contributed by atoms with Crippen LogP contribution >= 0.6 is 0 Å². The maximum atomic E-state index is 13.9. The Bertz CT molecular complexity index is 1390. The third-order valence-corrected chi connectivity index (χ3v) is 7.26. The van der Waals surface area contributed by atoms with Gasteiger partial charge in [-0.25, -0.2) is 4.98 Å². The van der Waals surface area contributed by atoms with E-state index >= 15 is 0 Å². The molecule has 0 unspecified atom stereocenters. The number of nitrogens with zero attached hydrogens (tertiary/aromatic N) is 3. The molecule has 2 heterocycles. The lowest BCUT2D eigenvalue weighted by Gasteiger charge is -2.35. The first-order valence-corrected chi connectivity index (χ1v) is 12.6. The molecule has 2 fully saturated rings. The lowest BCUT2D eigenvalue weighted by Crippen LogP contribution is -2.54. The first-order valence-electron chi connectivity index (χ1n) is 12.6. The van der Waals surface area contributed by atoms with Crippen molar-refractivity contribution in [2.75, 3.05) is 26.2 Å². The Hall–Kier alpha value is -4.00. The molecule has 182 valence electrons. The van der Waals surface area contributed by atoms with Gasteiger partial charge in [-0.05, 0) is 54.5 Å². The number of amides is 3. The molecule has 1 aromatic heterocycles. The average Bonchev–Trinajstić information content (AvgIpc) is 3.66. The predicted octanol–water partition coefficient (Wildman–Crippen LogP) is 3.28. The van der Waals surface area contributed by atoms with Crippen LogP contribution in [0.25, 0.3) is 22.6 Å². The minimum atomic E-state index is -0.534. The van der Waals surface area contributed by atoms with Crippen LogP contribution in [0.1, 0.15) is 46.4 Å². The van der Waals surface area contributed by atoms with Crippen LogP contribution in [0.3, 0.4) is 0 Å². The van der Waals surface area contributed by atoms with E-state index in [1.54, 1.807) is 4.90 Å². The normalized spacial score (nSPS) is 18.4. The molecule has 1 saturated heterocycles. The Morgan fingerprint density at radius 1 is 0.861 bits per heavy atom. The zero-order valence-electron chi connectivity index (χ0n) is 20.1. The number of nitrogens with one attached hydrogen (secondary N) is 1. The molecule has 3 aromatic rings. The van der Waals surface area contributed by atoms with Gasteiger partial charge in [0.1, 0.15) is 0 Å². The smallest absolute Gasteiger partial charge is 0.312 e. The van der Waals surface area contributed by atoms with Crippen LogP contribution in [0.2, 0.25) is 0 Å². The molecule has 6 rings (SSSR count). The molecular weight excluding hydrogens is 452 g/mol. The van der Waals surface area contributed by atoms with E-state index in [4.69, 9.17) is 4.98 Å². The summed E-state index contributed by atoms with van der Waals surface area (Å²) in [6, 6.07) is 18.1. The summed E-state index contributed by atoms with van der Waals surface area (Å²) in [5.41, 5.74) is 5.71. The van der Waals surface area contributed by atoms with Crippen LogP contribution in [0, 0.1) is 0 Å². The zero-order chi connectivity index (χ0) is 24.6. The van der Waals surface area contributed by atoms with Gasteiger partial charge in [-0.1, -0.05) is 48.5 Å². The molecule has 0 bridgehead atoms. The quantitative estimate of drug-likeness (QED) is 0.584. The Morgan fingerprint density at radius 3 is 2.31 bits per heavy atom. The van der Waals surface area contributed by atoms with Crippen LogP contribution in [-0.4, -0.2) is 64.7 Å². The highest BCUT2D eigenvalue weighted by Gasteiger charge is 2.34. The van der Waals surface area contributed by atoms with Gasteiger partial charge in [0.15, 0.2) is 0 Å². The number of pyridine rings is 1. The second-order valence-corrected chi connectivity index (χ2v) is 9.74. The van der Waals surface area contributed by atoms with Crippen molar-refractivity contribution >= 4 is 40.3 Å². The minimum Gasteiger partial charge on any atom is -0.345 e. The van der Waals surface area contributed by atoms with Crippen molar-refractivity contribution < 1.29 is 14.4 Å². The number of carbonyl (C=O) groups excluding carboxylic acids is 3. The number of fused-ring (bicyclic) bond motifs is 2. The molecule has 2 aliphatic carbocycles. The second kappa shape index (κ2) is 9.22. The number of benzene rings is 2. The Labute approximate surface area is 209 Å². The number of para-hydroxylation sites is 1. The van der Waals surface area contributed by atoms with Crippen molar-refractivity contribution in [3.8, 4) is 0 Å². The summed E-state index contributed by atoms with van der Waals surface area (Å²) in [5.74, 6) is -1.06. The highest BCUT2D eigenvalue weighted by Crippen LogP contribution is 2.38. The highest BCUT2D eigenvalue weighted by atomic mass is 16.2. The van der Waals surface area contributed by atoms with E-state index in [1.165, 1.54) is 0 Å². The number of piperazine rings is 1.